The predicted molar refractivity (Wildman–Crippen MR) is 72.4 cm³/mol. The van der Waals surface area contributed by atoms with Gasteiger partial charge in [0.05, 0.1) is 6.67 Å². The first-order valence-electron chi connectivity index (χ1n) is 5.99. The van der Waals surface area contributed by atoms with Crippen molar-refractivity contribution in [2.75, 3.05) is 32.6 Å². The zero-order chi connectivity index (χ0) is 14.3. The molecule has 0 saturated heterocycles. The van der Waals surface area contributed by atoms with Crippen LogP contribution in [-0.4, -0.2) is 38.1 Å². The number of hydrogen-bond donors (Lipinski definition) is 1. The van der Waals surface area contributed by atoms with Crippen molar-refractivity contribution < 1.29 is 13.6 Å². The van der Waals surface area contributed by atoms with Crippen molar-refractivity contribution in [2.45, 2.75) is 6.42 Å². The lowest BCUT2D eigenvalue weighted by Crippen LogP contribution is -2.13. The minimum atomic E-state index is -0.628. The van der Waals surface area contributed by atoms with Crippen LogP contribution in [0.15, 0.2) is 30.4 Å². The molecule has 0 heterocycles. The summed E-state index contributed by atoms with van der Waals surface area (Å²) in [4.78, 5) is 13.5. The number of halogens is 2. The average Bonchev–Trinajstić information content (AvgIpc) is 2.33. The van der Waals surface area contributed by atoms with Crippen LogP contribution >= 0.6 is 0 Å². The Labute approximate surface area is 111 Å². The Morgan fingerprint density at radius 2 is 2.16 bits per heavy atom. The summed E-state index contributed by atoms with van der Waals surface area (Å²) in [6.07, 6.45) is 3.14. The van der Waals surface area contributed by atoms with E-state index in [4.69, 9.17) is 0 Å². The highest BCUT2D eigenvalue weighted by molar-refractivity contribution is 5.99. The number of hydrogen-bond acceptors (Lipinski definition) is 2. The molecule has 104 valence electrons. The molecule has 0 fully saturated rings. The maximum Gasteiger partial charge on any atom is 0.248 e. The molecule has 1 rings (SSSR count). The first kappa shape index (κ1) is 15.3. The highest BCUT2D eigenvalue weighted by Gasteiger charge is 2.05. The number of carbonyl (C=O) groups is 1. The molecule has 5 heteroatoms. The molecule has 0 aliphatic heterocycles. The summed E-state index contributed by atoms with van der Waals surface area (Å²) in [6, 6.07) is 4.13. The first-order valence-corrected chi connectivity index (χ1v) is 5.99. The molecule has 0 aromatic heterocycles. The third kappa shape index (κ3) is 5.61. The summed E-state index contributed by atoms with van der Waals surface area (Å²) < 4.78 is 25.5. The summed E-state index contributed by atoms with van der Waals surface area (Å²) in [5.41, 5.74) is 0.724. The average molecular weight is 268 g/mol. The van der Waals surface area contributed by atoms with E-state index in [9.17, 15) is 13.6 Å². The Morgan fingerprint density at radius 1 is 1.42 bits per heavy atom. The molecule has 0 radical (unpaired) electrons. The van der Waals surface area contributed by atoms with Gasteiger partial charge in [0, 0.05) is 24.7 Å². The standard InChI is InChI=1S/C14H18F2N2O/c1-18(2)9-3-4-14(19)17-12-5-6-13(16)11(10-12)7-8-15/h3-6,10H,7-9H2,1-2H3,(H,17,19)/b4-3+. The number of rotatable bonds is 6. The van der Waals surface area contributed by atoms with Gasteiger partial charge in [0.1, 0.15) is 5.82 Å². The fourth-order valence-corrected chi connectivity index (χ4v) is 1.50. The van der Waals surface area contributed by atoms with Gasteiger partial charge in [-0.1, -0.05) is 6.08 Å². The molecule has 0 aliphatic carbocycles. The minimum absolute atomic E-state index is 0.00596. The molecule has 1 amide bonds. The summed E-state index contributed by atoms with van der Waals surface area (Å²) >= 11 is 0. The van der Waals surface area contributed by atoms with E-state index in [-0.39, 0.29) is 17.9 Å². The second kappa shape index (κ2) is 7.63. The van der Waals surface area contributed by atoms with Crippen molar-refractivity contribution in [1.82, 2.24) is 4.90 Å². The maximum atomic E-state index is 13.3. The van der Waals surface area contributed by atoms with Crippen LogP contribution in [0.5, 0.6) is 0 Å². The number of anilines is 1. The van der Waals surface area contributed by atoms with E-state index in [0.717, 1.165) is 0 Å². The number of amides is 1. The number of nitrogens with zero attached hydrogens (tertiary/aromatic N) is 1. The molecule has 0 aliphatic rings. The van der Waals surface area contributed by atoms with E-state index in [0.29, 0.717) is 12.2 Å². The number of benzene rings is 1. The molecular weight excluding hydrogens is 250 g/mol. The number of carbonyl (C=O) groups excluding carboxylic acids is 1. The van der Waals surface area contributed by atoms with Gasteiger partial charge in [0.2, 0.25) is 5.91 Å². The van der Waals surface area contributed by atoms with E-state index in [1.165, 1.54) is 24.3 Å². The van der Waals surface area contributed by atoms with Crippen LogP contribution in [0.25, 0.3) is 0 Å². The first-order chi connectivity index (χ1) is 9.02. The van der Waals surface area contributed by atoms with Crippen molar-refractivity contribution in [2.24, 2.45) is 0 Å². The lowest BCUT2D eigenvalue weighted by molar-refractivity contribution is -0.111. The van der Waals surface area contributed by atoms with E-state index in [1.54, 1.807) is 6.08 Å². The zero-order valence-electron chi connectivity index (χ0n) is 11.1. The summed E-state index contributed by atoms with van der Waals surface area (Å²) in [7, 11) is 3.79. The minimum Gasteiger partial charge on any atom is -0.323 e. The molecule has 0 bridgehead atoms. The SMILES string of the molecule is CN(C)C/C=C/C(=O)Nc1ccc(F)c(CCF)c1. The molecule has 3 nitrogen and oxygen atoms in total. The van der Waals surface area contributed by atoms with Crippen molar-refractivity contribution in [3.05, 3.63) is 41.7 Å². The monoisotopic (exact) mass is 268 g/mol. The van der Waals surface area contributed by atoms with Crippen LogP contribution in [0, 0.1) is 5.82 Å². The van der Waals surface area contributed by atoms with Crippen LogP contribution in [0.4, 0.5) is 14.5 Å². The predicted octanol–water partition coefficient (Wildman–Crippen LogP) is 2.39. The molecular formula is C14H18F2N2O. The summed E-state index contributed by atoms with van der Waals surface area (Å²) in [6.45, 7) is 0.0288. The molecule has 1 aromatic carbocycles. The van der Waals surface area contributed by atoms with Gasteiger partial charge >= 0.3 is 0 Å². The highest BCUT2D eigenvalue weighted by atomic mass is 19.1. The number of alkyl halides is 1. The Bertz CT molecular complexity index is 459. The van der Waals surface area contributed by atoms with Gasteiger partial charge in [0.15, 0.2) is 0 Å². The van der Waals surface area contributed by atoms with E-state index in [2.05, 4.69) is 5.32 Å². The number of likely N-dealkylation sites (N-methyl/N-ethyl adjacent to an activating group) is 1. The van der Waals surface area contributed by atoms with Gasteiger partial charge < -0.3 is 10.2 Å². The second-order valence-corrected chi connectivity index (χ2v) is 4.40. The van der Waals surface area contributed by atoms with E-state index in [1.807, 2.05) is 19.0 Å². The molecule has 1 aromatic rings. The molecule has 0 unspecified atom stereocenters. The highest BCUT2D eigenvalue weighted by Crippen LogP contribution is 2.15. The third-order valence-corrected chi connectivity index (χ3v) is 2.42. The zero-order valence-corrected chi connectivity index (χ0v) is 11.1. The van der Waals surface area contributed by atoms with Gasteiger partial charge in [-0.05, 0) is 37.9 Å². The van der Waals surface area contributed by atoms with Crippen LogP contribution in [0.2, 0.25) is 0 Å². The van der Waals surface area contributed by atoms with Crippen LogP contribution < -0.4 is 5.32 Å². The normalized spacial score (nSPS) is 11.2. The van der Waals surface area contributed by atoms with Crippen molar-refractivity contribution in [3.63, 3.8) is 0 Å². The van der Waals surface area contributed by atoms with Gasteiger partial charge in [-0.15, -0.1) is 0 Å². The van der Waals surface area contributed by atoms with E-state index < -0.39 is 12.5 Å². The van der Waals surface area contributed by atoms with Crippen molar-refractivity contribution in [3.8, 4) is 0 Å². The van der Waals surface area contributed by atoms with Crippen molar-refractivity contribution in [1.29, 1.82) is 0 Å². The molecule has 0 atom stereocenters. The van der Waals surface area contributed by atoms with Gasteiger partial charge in [-0.3, -0.25) is 9.18 Å². The third-order valence-electron chi connectivity index (χ3n) is 2.42. The smallest absolute Gasteiger partial charge is 0.248 e. The Balaban J connectivity index is 2.64. The Kier molecular flexibility index (Phi) is 6.15. The summed E-state index contributed by atoms with van der Waals surface area (Å²) in [5, 5.41) is 2.61. The number of nitrogens with one attached hydrogen (secondary N) is 1. The summed E-state index contributed by atoms with van der Waals surface area (Å²) in [5.74, 6) is -0.751. The molecule has 0 spiro atoms. The largest absolute Gasteiger partial charge is 0.323 e. The quantitative estimate of drug-likeness (QED) is 0.803. The lowest BCUT2D eigenvalue weighted by atomic mass is 10.1. The fraction of sp³-hybridized carbons (Fsp3) is 0.357. The fourth-order valence-electron chi connectivity index (χ4n) is 1.50. The Hall–Kier alpha value is -1.75. The number of aryl methyl sites for hydroxylation is 1. The topological polar surface area (TPSA) is 32.3 Å². The van der Waals surface area contributed by atoms with Gasteiger partial charge in [-0.2, -0.15) is 0 Å². The molecule has 19 heavy (non-hydrogen) atoms. The molecule has 0 saturated carbocycles. The Morgan fingerprint density at radius 3 is 2.79 bits per heavy atom. The van der Waals surface area contributed by atoms with Gasteiger partial charge in [0.25, 0.3) is 0 Å². The van der Waals surface area contributed by atoms with Crippen LogP contribution in [0.3, 0.4) is 0 Å². The maximum absolute atomic E-state index is 13.3. The molecule has 1 N–H and O–H groups in total. The van der Waals surface area contributed by atoms with Gasteiger partial charge in [-0.25, -0.2) is 4.39 Å². The van der Waals surface area contributed by atoms with Crippen LogP contribution in [0.1, 0.15) is 5.56 Å². The van der Waals surface area contributed by atoms with Crippen LogP contribution in [-0.2, 0) is 11.2 Å². The lowest BCUT2D eigenvalue weighted by Gasteiger charge is -2.06. The van der Waals surface area contributed by atoms with E-state index >= 15 is 0 Å². The second-order valence-electron chi connectivity index (χ2n) is 4.40. The van der Waals surface area contributed by atoms with Crippen molar-refractivity contribution >= 4 is 11.6 Å².